The summed E-state index contributed by atoms with van der Waals surface area (Å²) in [6.07, 6.45) is 5.99. The fraction of sp³-hybridized carbons (Fsp3) is 0.455. The van der Waals surface area contributed by atoms with E-state index in [0.717, 1.165) is 25.9 Å². The number of aromatic hydroxyl groups is 1. The topological polar surface area (TPSA) is 23.5 Å². The Balaban J connectivity index is 1.75. The van der Waals surface area contributed by atoms with Crippen LogP contribution in [0.25, 0.3) is 0 Å². The van der Waals surface area contributed by atoms with Gasteiger partial charge in [0.2, 0.25) is 0 Å². The van der Waals surface area contributed by atoms with Crippen molar-refractivity contribution in [2.45, 2.75) is 44.4 Å². The van der Waals surface area contributed by atoms with Crippen LogP contribution in [0.4, 0.5) is 0 Å². The van der Waals surface area contributed by atoms with Gasteiger partial charge in [0.25, 0.3) is 0 Å². The van der Waals surface area contributed by atoms with Crippen molar-refractivity contribution in [1.82, 2.24) is 4.90 Å². The molecule has 2 aromatic rings. The average molecular weight is 323 g/mol. The molecule has 0 bridgehead atoms. The standard InChI is InChI=1S/C22H29NO/c1-2-22(20-11-8-12-21(24)17-20)14-6-7-15-23(18-22)16-13-19-9-4-3-5-10-19/h3-5,8-12,17,24H,2,6-7,13-16,18H2,1H3/t22-/m0/s1. The maximum Gasteiger partial charge on any atom is 0.115 e. The van der Waals surface area contributed by atoms with E-state index in [1.807, 2.05) is 12.1 Å². The number of hydrogen-bond donors (Lipinski definition) is 1. The van der Waals surface area contributed by atoms with Gasteiger partial charge in [0.1, 0.15) is 5.75 Å². The first-order chi connectivity index (χ1) is 11.7. The van der Waals surface area contributed by atoms with Gasteiger partial charge in [0.05, 0.1) is 0 Å². The van der Waals surface area contributed by atoms with E-state index < -0.39 is 0 Å². The molecule has 1 atom stereocenters. The highest BCUT2D eigenvalue weighted by atomic mass is 16.3. The number of phenolic OH excluding ortho intramolecular Hbond substituents is 1. The molecule has 0 spiro atoms. The summed E-state index contributed by atoms with van der Waals surface area (Å²) < 4.78 is 0. The number of phenols is 1. The summed E-state index contributed by atoms with van der Waals surface area (Å²) >= 11 is 0. The minimum Gasteiger partial charge on any atom is -0.508 e. The molecule has 0 saturated carbocycles. The number of benzene rings is 2. The lowest BCUT2D eigenvalue weighted by Crippen LogP contribution is -2.40. The van der Waals surface area contributed by atoms with E-state index >= 15 is 0 Å². The van der Waals surface area contributed by atoms with Gasteiger partial charge in [-0.3, -0.25) is 0 Å². The van der Waals surface area contributed by atoms with Crippen LogP contribution in [-0.4, -0.2) is 29.6 Å². The van der Waals surface area contributed by atoms with Crippen molar-refractivity contribution in [2.75, 3.05) is 19.6 Å². The van der Waals surface area contributed by atoms with E-state index in [-0.39, 0.29) is 5.41 Å². The smallest absolute Gasteiger partial charge is 0.115 e. The van der Waals surface area contributed by atoms with Crippen LogP contribution in [0.5, 0.6) is 5.75 Å². The molecule has 1 saturated heterocycles. The van der Waals surface area contributed by atoms with Crippen molar-refractivity contribution < 1.29 is 5.11 Å². The number of nitrogens with zero attached hydrogens (tertiary/aromatic N) is 1. The van der Waals surface area contributed by atoms with Crippen LogP contribution in [0.3, 0.4) is 0 Å². The van der Waals surface area contributed by atoms with Crippen LogP contribution in [0, 0.1) is 0 Å². The Kier molecular flexibility index (Phi) is 5.57. The Morgan fingerprint density at radius 2 is 1.88 bits per heavy atom. The lowest BCUT2D eigenvalue weighted by molar-refractivity contribution is 0.220. The Bertz CT molecular complexity index is 639. The molecule has 3 rings (SSSR count). The van der Waals surface area contributed by atoms with E-state index in [2.05, 4.69) is 48.2 Å². The zero-order chi connectivity index (χ0) is 16.8. The SMILES string of the molecule is CC[C@]1(c2cccc(O)c2)CCCCN(CCc2ccccc2)C1. The van der Waals surface area contributed by atoms with E-state index in [0.29, 0.717) is 5.75 Å². The lowest BCUT2D eigenvalue weighted by atomic mass is 9.74. The van der Waals surface area contributed by atoms with Crippen LogP contribution in [0.1, 0.15) is 43.7 Å². The predicted molar refractivity (Wildman–Crippen MR) is 101 cm³/mol. The molecule has 2 nitrogen and oxygen atoms in total. The highest BCUT2D eigenvalue weighted by Gasteiger charge is 2.34. The maximum atomic E-state index is 9.93. The molecule has 2 heteroatoms. The quantitative estimate of drug-likeness (QED) is 0.857. The molecule has 0 amide bonds. The third-order valence-electron chi connectivity index (χ3n) is 5.60. The summed E-state index contributed by atoms with van der Waals surface area (Å²) in [4.78, 5) is 2.63. The largest absolute Gasteiger partial charge is 0.508 e. The highest BCUT2D eigenvalue weighted by molar-refractivity contribution is 5.33. The Hall–Kier alpha value is -1.80. The zero-order valence-corrected chi connectivity index (χ0v) is 14.7. The predicted octanol–water partition coefficient (Wildman–Crippen LogP) is 4.77. The van der Waals surface area contributed by atoms with Crippen molar-refractivity contribution in [3.63, 3.8) is 0 Å². The molecule has 1 heterocycles. The van der Waals surface area contributed by atoms with Gasteiger partial charge in [-0.2, -0.15) is 0 Å². The number of likely N-dealkylation sites (tertiary alicyclic amines) is 1. The first-order valence-corrected chi connectivity index (χ1v) is 9.28. The number of hydrogen-bond acceptors (Lipinski definition) is 2. The zero-order valence-electron chi connectivity index (χ0n) is 14.7. The van der Waals surface area contributed by atoms with Crippen LogP contribution in [-0.2, 0) is 11.8 Å². The van der Waals surface area contributed by atoms with E-state index in [1.54, 1.807) is 6.07 Å². The third-order valence-corrected chi connectivity index (χ3v) is 5.60. The molecule has 0 aromatic heterocycles. The molecule has 1 aliphatic rings. The fourth-order valence-electron chi connectivity index (χ4n) is 4.07. The summed E-state index contributed by atoms with van der Waals surface area (Å²) in [5, 5.41) is 9.93. The molecule has 2 aromatic carbocycles. The van der Waals surface area contributed by atoms with Gasteiger partial charge in [-0.15, -0.1) is 0 Å². The molecule has 0 unspecified atom stereocenters. The van der Waals surface area contributed by atoms with Gasteiger partial charge in [0, 0.05) is 18.5 Å². The summed E-state index contributed by atoms with van der Waals surface area (Å²) in [6, 6.07) is 18.7. The van der Waals surface area contributed by atoms with Gasteiger partial charge in [-0.1, -0.05) is 55.8 Å². The summed E-state index contributed by atoms with van der Waals surface area (Å²) in [5.74, 6) is 0.389. The first kappa shape index (κ1) is 17.0. The number of rotatable bonds is 5. The fourth-order valence-corrected chi connectivity index (χ4v) is 4.07. The van der Waals surface area contributed by atoms with Crippen molar-refractivity contribution in [3.05, 3.63) is 65.7 Å². The maximum absolute atomic E-state index is 9.93. The summed E-state index contributed by atoms with van der Waals surface area (Å²) in [7, 11) is 0. The Morgan fingerprint density at radius 1 is 1.04 bits per heavy atom. The van der Waals surface area contributed by atoms with Crippen LogP contribution >= 0.6 is 0 Å². The third kappa shape index (κ3) is 3.99. The van der Waals surface area contributed by atoms with Crippen molar-refractivity contribution in [2.24, 2.45) is 0 Å². The second-order valence-electron chi connectivity index (χ2n) is 7.15. The van der Waals surface area contributed by atoms with Gasteiger partial charge in [0.15, 0.2) is 0 Å². The van der Waals surface area contributed by atoms with Gasteiger partial charge in [-0.25, -0.2) is 0 Å². The minimum atomic E-state index is 0.173. The van der Waals surface area contributed by atoms with Gasteiger partial charge >= 0.3 is 0 Å². The minimum absolute atomic E-state index is 0.173. The van der Waals surface area contributed by atoms with Crippen molar-refractivity contribution >= 4 is 0 Å². The second kappa shape index (κ2) is 7.85. The highest BCUT2D eigenvalue weighted by Crippen LogP contribution is 2.37. The molecule has 1 fully saturated rings. The molecule has 1 aliphatic heterocycles. The molecule has 1 N–H and O–H groups in total. The van der Waals surface area contributed by atoms with E-state index in [9.17, 15) is 5.11 Å². The molecule has 24 heavy (non-hydrogen) atoms. The van der Waals surface area contributed by atoms with Crippen LogP contribution < -0.4 is 0 Å². The summed E-state index contributed by atoms with van der Waals surface area (Å²) in [5.41, 5.74) is 2.89. The molecule has 0 aliphatic carbocycles. The van der Waals surface area contributed by atoms with Gasteiger partial charge in [-0.05, 0) is 55.5 Å². The summed E-state index contributed by atoms with van der Waals surface area (Å²) in [6.45, 7) is 5.70. The first-order valence-electron chi connectivity index (χ1n) is 9.28. The lowest BCUT2D eigenvalue weighted by Gasteiger charge is -2.36. The van der Waals surface area contributed by atoms with Crippen LogP contribution in [0.2, 0.25) is 0 Å². The molecular formula is C22H29NO. The van der Waals surface area contributed by atoms with E-state index in [1.165, 1.54) is 36.9 Å². The van der Waals surface area contributed by atoms with Crippen molar-refractivity contribution in [3.8, 4) is 5.75 Å². The Morgan fingerprint density at radius 3 is 2.62 bits per heavy atom. The van der Waals surface area contributed by atoms with Crippen molar-refractivity contribution in [1.29, 1.82) is 0 Å². The monoisotopic (exact) mass is 323 g/mol. The average Bonchev–Trinajstić information content (AvgIpc) is 2.84. The Labute approximate surface area is 146 Å². The second-order valence-corrected chi connectivity index (χ2v) is 7.15. The van der Waals surface area contributed by atoms with Crippen LogP contribution in [0.15, 0.2) is 54.6 Å². The van der Waals surface area contributed by atoms with E-state index in [4.69, 9.17) is 0 Å². The molecule has 0 radical (unpaired) electrons. The van der Waals surface area contributed by atoms with Gasteiger partial charge < -0.3 is 10.0 Å². The molecular weight excluding hydrogens is 294 g/mol. The molecule has 128 valence electrons. The normalized spacial score (nSPS) is 22.2.